The molecule has 0 saturated carbocycles. The van der Waals surface area contributed by atoms with Crippen LogP contribution in [0.25, 0.3) is 0 Å². The first-order valence-corrected chi connectivity index (χ1v) is 4.00. The van der Waals surface area contributed by atoms with Crippen molar-refractivity contribution in [3.8, 4) is 0 Å². The molecule has 1 aliphatic heterocycles. The van der Waals surface area contributed by atoms with E-state index in [-0.39, 0.29) is 0 Å². The number of hydrogen-bond acceptors (Lipinski definition) is 2. The SMILES string of the molecule is COC1=CC(Br)=C(C)[N+](=O)C1. The minimum atomic E-state index is 0.303. The molecule has 0 atom stereocenters. The van der Waals surface area contributed by atoms with E-state index in [1.54, 1.807) is 14.0 Å². The van der Waals surface area contributed by atoms with Crippen LogP contribution < -0.4 is 0 Å². The first-order chi connectivity index (χ1) is 5.15. The van der Waals surface area contributed by atoms with Crippen LogP contribution in [0.2, 0.25) is 0 Å². The Hall–Kier alpha value is -0.640. The van der Waals surface area contributed by atoms with E-state index in [0.29, 0.717) is 18.0 Å². The zero-order chi connectivity index (χ0) is 8.43. The van der Waals surface area contributed by atoms with Crippen molar-refractivity contribution >= 4 is 15.9 Å². The number of nitrogens with zero attached hydrogens (tertiary/aromatic N) is 1. The van der Waals surface area contributed by atoms with Gasteiger partial charge in [-0.05, 0) is 15.9 Å². The Labute approximate surface area is 73.4 Å². The van der Waals surface area contributed by atoms with E-state index in [9.17, 15) is 4.91 Å². The van der Waals surface area contributed by atoms with Gasteiger partial charge < -0.3 is 4.74 Å². The lowest BCUT2D eigenvalue weighted by molar-refractivity contribution is -0.495. The zero-order valence-electron chi connectivity index (χ0n) is 6.43. The second kappa shape index (κ2) is 3.17. The van der Waals surface area contributed by atoms with Gasteiger partial charge >= 0.3 is 0 Å². The topological polar surface area (TPSA) is 29.3 Å². The quantitative estimate of drug-likeness (QED) is 0.630. The van der Waals surface area contributed by atoms with Gasteiger partial charge in [0.05, 0.1) is 11.6 Å². The molecule has 0 aliphatic carbocycles. The maximum atomic E-state index is 11.1. The summed E-state index contributed by atoms with van der Waals surface area (Å²) < 4.78 is 6.61. The first kappa shape index (κ1) is 8.46. The molecule has 0 aromatic carbocycles. The van der Waals surface area contributed by atoms with Gasteiger partial charge in [0, 0.05) is 22.7 Å². The summed E-state index contributed by atoms with van der Waals surface area (Å²) in [4.78, 5) is 11.1. The number of hydrogen-bond donors (Lipinski definition) is 0. The summed E-state index contributed by atoms with van der Waals surface area (Å²) in [5.41, 5.74) is 0.686. The van der Waals surface area contributed by atoms with Crippen LogP contribution in [0.1, 0.15) is 6.92 Å². The third-order valence-electron chi connectivity index (χ3n) is 1.57. The van der Waals surface area contributed by atoms with E-state index < -0.39 is 0 Å². The maximum absolute atomic E-state index is 11.1. The van der Waals surface area contributed by atoms with Crippen LogP contribution in [0.3, 0.4) is 0 Å². The normalized spacial score (nSPS) is 18.5. The van der Waals surface area contributed by atoms with Gasteiger partial charge in [-0.2, -0.15) is 0 Å². The van der Waals surface area contributed by atoms with Gasteiger partial charge in [-0.25, -0.2) is 0 Å². The number of methoxy groups -OCH3 is 1. The van der Waals surface area contributed by atoms with Crippen LogP contribution in [-0.4, -0.2) is 18.4 Å². The fourth-order valence-corrected chi connectivity index (χ4v) is 1.25. The highest BCUT2D eigenvalue weighted by atomic mass is 79.9. The predicted molar refractivity (Wildman–Crippen MR) is 45.2 cm³/mol. The summed E-state index contributed by atoms with van der Waals surface area (Å²) in [6.07, 6.45) is 1.81. The van der Waals surface area contributed by atoms with Gasteiger partial charge in [-0.3, -0.25) is 0 Å². The van der Waals surface area contributed by atoms with Crippen molar-refractivity contribution in [2.24, 2.45) is 0 Å². The first-order valence-electron chi connectivity index (χ1n) is 3.20. The van der Waals surface area contributed by atoms with Crippen molar-refractivity contribution < 1.29 is 9.50 Å². The fourth-order valence-electron chi connectivity index (χ4n) is 0.794. The minimum Gasteiger partial charge on any atom is -0.494 e. The van der Waals surface area contributed by atoms with E-state index in [4.69, 9.17) is 4.74 Å². The van der Waals surface area contributed by atoms with Crippen molar-refractivity contribution in [2.45, 2.75) is 6.92 Å². The monoisotopic (exact) mass is 218 g/mol. The number of allylic oxidation sites excluding steroid dienone is 3. The largest absolute Gasteiger partial charge is 0.494 e. The van der Waals surface area contributed by atoms with Gasteiger partial charge in [0.1, 0.15) is 0 Å². The van der Waals surface area contributed by atoms with Crippen LogP contribution >= 0.6 is 15.9 Å². The lowest BCUT2D eigenvalue weighted by Crippen LogP contribution is -2.15. The molecule has 0 spiro atoms. The molecule has 3 nitrogen and oxygen atoms in total. The minimum absolute atomic E-state index is 0.303. The van der Waals surface area contributed by atoms with E-state index >= 15 is 0 Å². The number of ether oxygens (including phenoxy) is 1. The molecule has 0 amide bonds. The highest BCUT2D eigenvalue weighted by molar-refractivity contribution is 9.11. The average molecular weight is 219 g/mol. The summed E-state index contributed by atoms with van der Waals surface area (Å²) in [6.45, 7) is 2.07. The van der Waals surface area contributed by atoms with Crippen molar-refractivity contribution in [2.75, 3.05) is 13.7 Å². The van der Waals surface area contributed by atoms with Crippen LogP contribution in [0, 0.1) is 4.91 Å². The van der Waals surface area contributed by atoms with Crippen LogP contribution in [-0.2, 0) is 4.74 Å². The molecule has 0 radical (unpaired) electrons. The molecule has 0 N–H and O–H groups in total. The average Bonchev–Trinajstić information content (AvgIpc) is 1.99. The standard InChI is InChI=1S/C7H9BrNO2/c1-5-7(8)3-6(11-2)4-9(5)10/h3H,4H2,1-2H3/q+1. The summed E-state index contributed by atoms with van der Waals surface area (Å²) >= 11 is 3.26. The Kier molecular flexibility index (Phi) is 2.44. The van der Waals surface area contributed by atoms with Crippen LogP contribution in [0.4, 0.5) is 0 Å². The van der Waals surface area contributed by atoms with Gasteiger partial charge in [-0.1, -0.05) is 0 Å². The lowest BCUT2D eigenvalue weighted by Gasteiger charge is -2.05. The van der Waals surface area contributed by atoms with Crippen molar-refractivity contribution in [1.29, 1.82) is 0 Å². The molecule has 0 unspecified atom stereocenters. The molecule has 0 fully saturated rings. The van der Waals surface area contributed by atoms with Crippen molar-refractivity contribution in [3.05, 3.63) is 26.9 Å². The lowest BCUT2D eigenvalue weighted by atomic mass is 10.3. The summed E-state index contributed by atoms with van der Waals surface area (Å²) in [6, 6.07) is 0. The number of nitroso groups, excluding NO2 is 1. The van der Waals surface area contributed by atoms with Crippen LogP contribution in [0.15, 0.2) is 22.0 Å². The Bertz CT molecular complexity index is 255. The molecule has 0 bridgehead atoms. The maximum Gasteiger partial charge on any atom is 0.254 e. The summed E-state index contributed by atoms with van der Waals surface area (Å²) in [7, 11) is 1.56. The Morgan fingerprint density at radius 2 is 2.36 bits per heavy atom. The third-order valence-corrected chi connectivity index (χ3v) is 2.37. The molecular weight excluding hydrogens is 210 g/mol. The predicted octanol–water partition coefficient (Wildman–Crippen LogP) is 1.94. The highest BCUT2D eigenvalue weighted by Crippen LogP contribution is 2.21. The summed E-state index contributed by atoms with van der Waals surface area (Å²) in [5.74, 6) is 0.678. The molecule has 11 heavy (non-hydrogen) atoms. The van der Waals surface area contributed by atoms with E-state index in [2.05, 4.69) is 15.9 Å². The summed E-state index contributed by atoms with van der Waals surface area (Å²) in [5, 5.41) is 0. The molecule has 1 aliphatic rings. The molecule has 0 saturated heterocycles. The smallest absolute Gasteiger partial charge is 0.254 e. The second-order valence-corrected chi connectivity index (χ2v) is 3.14. The van der Waals surface area contributed by atoms with Gasteiger partial charge in [0.25, 0.3) is 6.54 Å². The Balaban J connectivity index is 2.96. The molecule has 0 aromatic heterocycles. The number of rotatable bonds is 1. The van der Waals surface area contributed by atoms with E-state index in [1.165, 1.54) is 0 Å². The van der Waals surface area contributed by atoms with Gasteiger partial charge in [0.15, 0.2) is 5.76 Å². The molecule has 1 rings (SSSR count). The molecule has 0 aromatic rings. The number of halogens is 1. The third kappa shape index (κ3) is 1.68. The van der Waals surface area contributed by atoms with Crippen LogP contribution in [0.5, 0.6) is 0 Å². The van der Waals surface area contributed by atoms with Gasteiger partial charge in [0.2, 0.25) is 5.70 Å². The Morgan fingerprint density at radius 3 is 2.82 bits per heavy atom. The zero-order valence-corrected chi connectivity index (χ0v) is 8.01. The molecule has 4 heteroatoms. The Morgan fingerprint density at radius 1 is 1.73 bits per heavy atom. The highest BCUT2D eigenvalue weighted by Gasteiger charge is 2.23. The van der Waals surface area contributed by atoms with E-state index in [0.717, 1.165) is 9.24 Å². The van der Waals surface area contributed by atoms with Gasteiger partial charge in [-0.15, -0.1) is 0 Å². The van der Waals surface area contributed by atoms with Crippen molar-refractivity contribution in [3.63, 3.8) is 0 Å². The molecule has 1 heterocycles. The fraction of sp³-hybridized carbons (Fsp3) is 0.429. The second-order valence-electron chi connectivity index (χ2n) is 2.28. The molecular formula is C7H9BrNO2+. The van der Waals surface area contributed by atoms with Crippen molar-refractivity contribution in [1.82, 2.24) is 0 Å². The van der Waals surface area contributed by atoms with E-state index in [1.807, 2.05) is 6.08 Å². The molecule has 60 valence electrons.